The molecule has 5 nitrogen and oxygen atoms in total. The highest BCUT2D eigenvalue weighted by Crippen LogP contribution is 2.38. The Morgan fingerprint density at radius 1 is 1.33 bits per heavy atom. The molecule has 0 spiro atoms. The Morgan fingerprint density at radius 2 is 2.00 bits per heavy atom. The molecule has 0 amide bonds. The molecule has 1 aromatic heterocycles. The Kier molecular flexibility index (Phi) is 5.04. The summed E-state index contributed by atoms with van der Waals surface area (Å²) in [5, 5.41) is 4.15. The van der Waals surface area contributed by atoms with E-state index in [4.69, 9.17) is 15.0 Å². The maximum Gasteiger partial charge on any atom is 0.246 e. The molecule has 2 rings (SSSR count). The minimum absolute atomic E-state index is 0.461. The van der Waals surface area contributed by atoms with E-state index in [0.29, 0.717) is 18.3 Å². The van der Waals surface area contributed by atoms with Crippen molar-refractivity contribution >= 4 is 0 Å². The highest BCUT2D eigenvalue weighted by atomic mass is 16.5. The van der Waals surface area contributed by atoms with Gasteiger partial charge in [-0.05, 0) is 51.9 Å². The molecule has 1 aliphatic carbocycles. The zero-order chi connectivity index (χ0) is 15.5. The van der Waals surface area contributed by atoms with Crippen LogP contribution in [0.25, 0.3) is 0 Å². The van der Waals surface area contributed by atoms with Gasteiger partial charge in [0.05, 0.1) is 5.54 Å². The first kappa shape index (κ1) is 16.4. The van der Waals surface area contributed by atoms with Gasteiger partial charge in [-0.15, -0.1) is 0 Å². The second-order valence-corrected chi connectivity index (χ2v) is 6.45. The van der Waals surface area contributed by atoms with E-state index in [9.17, 15) is 0 Å². The highest BCUT2D eigenvalue weighted by Gasteiger charge is 2.40. The number of hydrogen-bond donors (Lipinski definition) is 1. The van der Waals surface area contributed by atoms with Crippen molar-refractivity contribution in [3.8, 4) is 0 Å². The van der Waals surface area contributed by atoms with Crippen LogP contribution in [0.3, 0.4) is 0 Å². The van der Waals surface area contributed by atoms with Crippen LogP contribution >= 0.6 is 0 Å². The first-order valence-corrected chi connectivity index (χ1v) is 8.25. The quantitative estimate of drug-likeness (QED) is 0.869. The molecule has 5 heteroatoms. The lowest BCUT2D eigenvalue weighted by atomic mass is 9.76. The number of ether oxygens (including phenoxy) is 1. The molecule has 0 aromatic carbocycles. The van der Waals surface area contributed by atoms with Gasteiger partial charge in [0.2, 0.25) is 11.7 Å². The number of rotatable bonds is 6. The summed E-state index contributed by atoms with van der Waals surface area (Å²) >= 11 is 0. The van der Waals surface area contributed by atoms with Gasteiger partial charge < -0.3 is 15.0 Å². The molecule has 1 aromatic rings. The molecule has 0 saturated heterocycles. The third kappa shape index (κ3) is 3.29. The van der Waals surface area contributed by atoms with Crippen molar-refractivity contribution in [2.24, 2.45) is 11.7 Å². The lowest BCUT2D eigenvalue weighted by Crippen LogP contribution is -2.41. The molecular formula is C16H29N3O2. The van der Waals surface area contributed by atoms with Crippen LogP contribution < -0.4 is 5.73 Å². The number of aromatic nitrogens is 2. The van der Waals surface area contributed by atoms with Crippen molar-refractivity contribution in [3.63, 3.8) is 0 Å². The summed E-state index contributed by atoms with van der Waals surface area (Å²) in [5.41, 5.74) is 5.58. The normalized spacial score (nSPS) is 29.3. The summed E-state index contributed by atoms with van der Waals surface area (Å²) in [6, 6.07) is 0. The van der Waals surface area contributed by atoms with Crippen LogP contribution in [0.15, 0.2) is 4.52 Å². The van der Waals surface area contributed by atoms with Gasteiger partial charge in [0.15, 0.2) is 0 Å². The zero-order valence-electron chi connectivity index (χ0n) is 13.8. The van der Waals surface area contributed by atoms with E-state index in [1.807, 2.05) is 13.8 Å². The third-order valence-electron chi connectivity index (χ3n) is 5.04. The average molecular weight is 295 g/mol. The van der Waals surface area contributed by atoms with Gasteiger partial charge in [0, 0.05) is 6.61 Å². The maximum absolute atomic E-state index is 6.53. The first-order valence-electron chi connectivity index (χ1n) is 8.25. The van der Waals surface area contributed by atoms with E-state index in [2.05, 4.69) is 24.0 Å². The summed E-state index contributed by atoms with van der Waals surface area (Å²) in [5.74, 6) is 1.98. The van der Waals surface area contributed by atoms with Crippen molar-refractivity contribution in [1.29, 1.82) is 0 Å². The van der Waals surface area contributed by atoms with Gasteiger partial charge in [0.1, 0.15) is 5.60 Å². The Hall–Kier alpha value is -0.940. The lowest BCUT2D eigenvalue weighted by Gasteiger charge is -2.33. The number of nitrogens with two attached hydrogens (primary N) is 1. The summed E-state index contributed by atoms with van der Waals surface area (Å²) in [6.45, 7) is 8.91. The van der Waals surface area contributed by atoms with E-state index < -0.39 is 11.1 Å². The van der Waals surface area contributed by atoms with Gasteiger partial charge >= 0.3 is 0 Å². The molecule has 1 aliphatic rings. The van der Waals surface area contributed by atoms with Gasteiger partial charge in [-0.2, -0.15) is 4.98 Å². The molecule has 1 heterocycles. The fourth-order valence-corrected chi connectivity index (χ4v) is 3.10. The molecule has 1 unspecified atom stereocenters. The SMILES string of the molecule is CCOC(C)(CC)c1noc(C2(N)CCC(CC)CC2)n1. The predicted molar refractivity (Wildman–Crippen MR) is 81.7 cm³/mol. The molecule has 1 atom stereocenters. The molecule has 120 valence electrons. The van der Waals surface area contributed by atoms with Crippen LogP contribution in [0.5, 0.6) is 0 Å². The standard InChI is InChI=1S/C16H29N3O2/c1-5-12-8-10-16(17,11-9-12)14-18-13(19-21-14)15(4,6-2)20-7-3/h12H,5-11,17H2,1-4H3. The van der Waals surface area contributed by atoms with E-state index in [0.717, 1.165) is 38.0 Å². The van der Waals surface area contributed by atoms with Crippen molar-refractivity contribution in [1.82, 2.24) is 10.1 Å². The summed E-state index contributed by atoms with van der Waals surface area (Å²) in [6.07, 6.45) is 6.15. The molecule has 1 saturated carbocycles. The van der Waals surface area contributed by atoms with E-state index in [1.165, 1.54) is 6.42 Å². The monoisotopic (exact) mass is 295 g/mol. The molecule has 0 aliphatic heterocycles. The topological polar surface area (TPSA) is 74.2 Å². The van der Waals surface area contributed by atoms with Crippen molar-refractivity contribution < 1.29 is 9.26 Å². The van der Waals surface area contributed by atoms with Gasteiger partial charge in [0.25, 0.3) is 0 Å². The van der Waals surface area contributed by atoms with Crippen LogP contribution in [-0.2, 0) is 15.9 Å². The second-order valence-electron chi connectivity index (χ2n) is 6.45. The fraction of sp³-hybridized carbons (Fsp3) is 0.875. The van der Waals surface area contributed by atoms with Crippen LogP contribution in [-0.4, -0.2) is 16.7 Å². The van der Waals surface area contributed by atoms with Gasteiger partial charge in [-0.3, -0.25) is 0 Å². The summed E-state index contributed by atoms with van der Waals surface area (Å²) < 4.78 is 11.3. The molecule has 21 heavy (non-hydrogen) atoms. The van der Waals surface area contributed by atoms with Gasteiger partial charge in [-0.1, -0.05) is 25.4 Å². The van der Waals surface area contributed by atoms with Crippen LogP contribution in [0, 0.1) is 5.92 Å². The Balaban J connectivity index is 2.16. The molecule has 0 bridgehead atoms. The summed E-state index contributed by atoms with van der Waals surface area (Å²) in [7, 11) is 0. The van der Waals surface area contributed by atoms with Crippen molar-refractivity contribution in [2.75, 3.05) is 6.61 Å². The molecule has 2 N–H and O–H groups in total. The van der Waals surface area contributed by atoms with Crippen molar-refractivity contribution in [2.45, 2.75) is 77.4 Å². The highest BCUT2D eigenvalue weighted by molar-refractivity contribution is 5.07. The predicted octanol–water partition coefficient (Wildman–Crippen LogP) is 3.49. The third-order valence-corrected chi connectivity index (χ3v) is 5.04. The van der Waals surface area contributed by atoms with Gasteiger partial charge in [-0.25, -0.2) is 0 Å². The van der Waals surface area contributed by atoms with E-state index in [1.54, 1.807) is 0 Å². The average Bonchev–Trinajstić information content (AvgIpc) is 2.99. The minimum Gasteiger partial charge on any atom is -0.367 e. The Labute approximate surface area is 127 Å². The van der Waals surface area contributed by atoms with Crippen molar-refractivity contribution in [3.05, 3.63) is 11.7 Å². The van der Waals surface area contributed by atoms with E-state index in [-0.39, 0.29) is 0 Å². The Bertz CT molecular complexity index is 452. The molecule has 1 fully saturated rings. The second kappa shape index (κ2) is 6.44. The maximum atomic E-state index is 6.53. The Morgan fingerprint density at radius 3 is 2.52 bits per heavy atom. The fourth-order valence-electron chi connectivity index (χ4n) is 3.10. The lowest BCUT2D eigenvalue weighted by molar-refractivity contribution is -0.0403. The molecule has 0 radical (unpaired) electrons. The van der Waals surface area contributed by atoms with Crippen LogP contribution in [0.4, 0.5) is 0 Å². The zero-order valence-corrected chi connectivity index (χ0v) is 13.8. The molecular weight excluding hydrogens is 266 g/mol. The smallest absolute Gasteiger partial charge is 0.246 e. The number of hydrogen-bond acceptors (Lipinski definition) is 5. The number of nitrogens with zero attached hydrogens (tertiary/aromatic N) is 2. The first-order chi connectivity index (χ1) is 9.97. The van der Waals surface area contributed by atoms with Crippen LogP contribution in [0.2, 0.25) is 0 Å². The van der Waals surface area contributed by atoms with E-state index >= 15 is 0 Å². The van der Waals surface area contributed by atoms with Crippen LogP contribution in [0.1, 0.15) is 77.9 Å². The minimum atomic E-state index is -0.493. The summed E-state index contributed by atoms with van der Waals surface area (Å²) in [4.78, 5) is 4.59. The largest absolute Gasteiger partial charge is 0.367 e.